The summed E-state index contributed by atoms with van der Waals surface area (Å²) in [6.07, 6.45) is 5.59. The molecule has 30 heavy (non-hydrogen) atoms. The van der Waals surface area contributed by atoms with E-state index in [1.54, 1.807) is 12.4 Å². The summed E-state index contributed by atoms with van der Waals surface area (Å²) in [7, 11) is 0. The van der Waals surface area contributed by atoms with Gasteiger partial charge >= 0.3 is 0 Å². The third-order valence-electron chi connectivity index (χ3n) is 6.17. The molecule has 8 nitrogen and oxygen atoms in total. The van der Waals surface area contributed by atoms with Gasteiger partial charge in [-0.25, -0.2) is 0 Å². The van der Waals surface area contributed by atoms with Gasteiger partial charge in [0.15, 0.2) is 0 Å². The zero-order chi connectivity index (χ0) is 20.4. The molecule has 1 spiro atoms. The first kappa shape index (κ1) is 19.1. The van der Waals surface area contributed by atoms with E-state index in [4.69, 9.17) is 4.74 Å². The van der Waals surface area contributed by atoms with Gasteiger partial charge in [0, 0.05) is 55.3 Å². The predicted molar refractivity (Wildman–Crippen MR) is 112 cm³/mol. The van der Waals surface area contributed by atoms with Gasteiger partial charge in [0.2, 0.25) is 0 Å². The van der Waals surface area contributed by atoms with Crippen LogP contribution in [0.25, 0.3) is 10.9 Å². The average molecular weight is 406 g/mol. The topological polar surface area (TPSA) is 87.2 Å². The van der Waals surface area contributed by atoms with Gasteiger partial charge in [-0.15, -0.1) is 0 Å². The lowest BCUT2D eigenvalue weighted by Gasteiger charge is -2.43. The molecule has 2 aromatic heterocycles. The molecule has 0 saturated carbocycles. The Morgan fingerprint density at radius 3 is 3.10 bits per heavy atom. The Bertz CT molecular complexity index is 1020. The zero-order valence-corrected chi connectivity index (χ0v) is 17.0. The number of rotatable bonds is 3. The maximum Gasteiger partial charge on any atom is 0.253 e. The van der Waals surface area contributed by atoms with E-state index in [2.05, 4.69) is 25.3 Å². The molecule has 1 atom stereocenters. The first-order valence-corrected chi connectivity index (χ1v) is 10.5. The Kier molecular flexibility index (Phi) is 5.18. The van der Waals surface area contributed by atoms with Crippen LogP contribution in [0.2, 0.25) is 0 Å². The van der Waals surface area contributed by atoms with Crippen LogP contribution in [0, 0.1) is 5.41 Å². The molecule has 8 heteroatoms. The van der Waals surface area contributed by atoms with Crippen LogP contribution in [0.15, 0.2) is 42.7 Å². The number of fused-ring (bicyclic) bond motifs is 1. The van der Waals surface area contributed by atoms with E-state index in [1.165, 1.54) is 0 Å². The highest BCUT2D eigenvalue weighted by molar-refractivity contribution is 5.98. The van der Waals surface area contributed by atoms with E-state index >= 15 is 0 Å². The number of likely N-dealkylation sites (tertiary alicyclic amines) is 1. The molecule has 2 saturated heterocycles. The predicted octanol–water partition coefficient (Wildman–Crippen LogP) is 2.11. The molecule has 1 aromatic carbocycles. The van der Waals surface area contributed by atoms with E-state index in [1.807, 2.05) is 35.2 Å². The highest BCUT2D eigenvalue weighted by Crippen LogP contribution is 2.34. The Hall–Kier alpha value is -2.84. The van der Waals surface area contributed by atoms with Gasteiger partial charge in [-0.2, -0.15) is 15.4 Å². The second-order valence-corrected chi connectivity index (χ2v) is 8.47. The van der Waals surface area contributed by atoms with E-state index < -0.39 is 0 Å². The number of aromatic nitrogens is 4. The second-order valence-electron chi connectivity index (χ2n) is 8.47. The molecule has 2 fully saturated rings. The normalized spacial score (nSPS) is 23.0. The summed E-state index contributed by atoms with van der Waals surface area (Å²) in [6.45, 7) is 5.39. The smallest absolute Gasteiger partial charge is 0.253 e. The van der Waals surface area contributed by atoms with Crippen LogP contribution in [0.1, 0.15) is 28.9 Å². The van der Waals surface area contributed by atoms with Crippen molar-refractivity contribution in [2.45, 2.75) is 19.4 Å². The third kappa shape index (κ3) is 3.93. The first-order valence-electron chi connectivity index (χ1n) is 10.5. The number of ether oxygens (including phenoxy) is 1. The highest BCUT2D eigenvalue weighted by atomic mass is 16.5. The molecule has 5 rings (SSSR count). The number of amides is 1. The minimum absolute atomic E-state index is 0.0491. The van der Waals surface area contributed by atoms with Crippen LogP contribution in [-0.4, -0.2) is 75.5 Å². The number of pyridine rings is 1. The molecule has 2 aliphatic rings. The van der Waals surface area contributed by atoms with Crippen molar-refractivity contribution in [3.8, 4) is 0 Å². The van der Waals surface area contributed by atoms with Crippen molar-refractivity contribution < 1.29 is 9.53 Å². The molecular formula is C22H26N6O2. The molecular weight excluding hydrogens is 380 g/mol. The fraction of sp³-hybridized carbons (Fsp3) is 0.455. The number of H-pyrrole nitrogens is 1. The van der Waals surface area contributed by atoms with Gasteiger partial charge in [0.05, 0.1) is 30.6 Å². The second kappa shape index (κ2) is 8.12. The van der Waals surface area contributed by atoms with E-state index in [0.717, 1.165) is 61.2 Å². The minimum Gasteiger partial charge on any atom is -0.379 e. The van der Waals surface area contributed by atoms with Crippen LogP contribution < -0.4 is 0 Å². The minimum atomic E-state index is -0.0491. The van der Waals surface area contributed by atoms with E-state index in [9.17, 15) is 4.79 Å². The van der Waals surface area contributed by atoms with Crippen molar-refractivity contribution in [2.24, 2.45) is 5.41 Å². The number of piperidine rings is 1. The molecule has 0 radical (unpaired) electrons. The average Bonchev–Trinajstić information content (AvgIpc) is 3.21. The lowest BCUT2D eigenvalue weighted by atomic mass is 9.79. The van der Waals surface area contributed by atoms with Crippen LogP contribution in [0.5, 0.6) is 0 Å². The monoisotopic (exact) mass is 406 g/mol. The quantitative estimate of drug-likeness (QED) is 0.717. The number of hydrogen-bond acceptors (Lipinski definition) is 6. The fourth-order valence-electron chi connectivity index (χ4n) is 4.77. The SMILES string of the molecule is O=C(c1ccc2ncccc2c1)N1CCCC2(COCCN(Cc3cn[nH]n3)C2)C1. The summed E-state index contributed by atoms with van der Waals surface area (Å²) in [4.78, 5) is 22.1. The van der Waals surface area contributed by atoms with Gasteiger partial charge in [-0.05, 0) is 37.1 Å². The Balaban J connectivity index is 1.33. The van der Waals surface area contributed by atoms with Crippen molar-refractivity contribution in [3.63, 3.8) is 0 Å². The van der Waals surface area contributed by atoms with Crippen molar-refractivity contribution in [1.29, 1.82) is 0 Å². The summed E-state index contributed by atoms with van der Waals surface area (Å²) >= 11 is 0. The van der Waals surface area contributed by atoms with E-state index in [0.29, 0.717) is 19.8 Å². The summed E-state index contributed by atoms with van der Waals surface area (Å²) in [5.74, 6) is 0.0899. The molecule has 156 valence electrons. The van der Waals surface area contributed by atoms with Crippen LogP contribution >= 0.6 is 0 Å². The number of hydrogen-bond donors (Lipinski definition) is 1. The van der Waals surface area contributed by atoms with Gasteiger partial charge in [-0.1, -0.05) is 6.07 Å². The maximum absolute atomic E-state index is 13.3. The van der Waals surface area contributed by atoms with Crippen molar-refractivity contribution in [3.05, 3.63) is 54.0 Å². The molecule has 1 unspecified atom stereocenters. The van der Waals surface area contributed by atoms with E-state index in [-0.39, 0.29) is 11.3 Å². The number of carbonyl (C=O) groups is 1. The molecule has 0 aliphatic carbocycles. The lowest BCUT2D eigenvalue weighted by molar-refractivity contribution is 0.00690. The fourth-order valence-corrected chi connectivity index (χ4v) is 4.77. The standard InChI is InChI=1S/C22H26N6O2/c29-21(18-4-5-20-17(11-18)3-1-7-23-20)28-8-2-6-22(15-28)14-27(9-10-30-16-22)13-19-12-24-26-25-19/h1,3-5,7,11-12H,2,6,8-10,13-16H2,(H,24,25,26). The van der Waals surface area contributed by atoms with Crippen molar-refractivity contribution in [1.82, 2.24) is 30.2 Å². The lowest BCUT2D eigenvalue weighted by Crippen LogP contribution is -2.52. The van der Waals surface area contributed by atoms with Crippen LogP contribution in [0.4, 0.5) is 0 Å². The maximum atomic E-state index is 13.3. The molecule has 2 aliphatic heterocycles. The first-order chi connectivity index (χ1) is 14.7. The number of aromatic amines is 1. The molecule has 4 heterocycles. The van der Waals surface area contributed by atoms with Crippen molar-refractivity contribution >= 4 is 16.8 Å². The number of carbonyl (C=O) groups excluding carboxylic acids is 1. The highest BCUT2D eigenvalue weighted by Gasteiger charge is 2.40. The van der Waals surface area contributed by atoms with Crippen LogP contribution in [-0.2, 0) is 11.3 Å². The number of nitrogens with zero attached hydrogens (tertiary/aromatic N) is 5. The van der Waals surface area contributed by atoms with Crippen LogP contribution in [0.3, 0.4) is 0 Å². The summed E-state index contributed by atoms with van der Waals surface area (Å²) in [5.41, 5.74) is 2.51. The van der Waals surface area contributed by atoms with Gasteiger partial charge < -0.3 is 9.64 Å². The largest absolute Gasteiger partial charge is 0.379 e. The molecule has 1 N–H and O–H groups in total. The molecule has 0 bridgehead atoms. The van der Waals surface area contributed by atoms with Gasteiger partial charge in [0.1, 0.15) is 0 Å². The van der Waals surface area contributed by atoms with Gasteiger partial charge in [-0.3, -0.25) is 14.7 Å². The molecule has 3 aromatic rings. The molecule has 1 amide bonds. The zero-order valence-electron chi connectivity index (χ0n) is 17.0. The van der Waals surface area contributed by atoms with Crippen molar-refractivity contribution in [2.75, 3.05) is 39.4 Å². The number of nitrogens with one attached hydrogen (secondary N) is 1. The Labute approximate surface area is 175 Å². The Morgan fingerprint density at radius 1 is 1.23 bits per heavy atom. The number of benzene rings is 1. The third-order valence-corrected chi connectivity index (χ3v) is 6.17. The van der Waals surface area contributed by atoms with Gasteiger partial charge in [0.25, 0.3) is 5.91 Å². The summed E-state index contributed by atoms with van der Waals surface area (Å²) in [6, 6.07) is 9.67. The summed E-state index contributed by atoms with van der Waals surface area (Å²) in [5, 5.41) is 11.8. The summed E-state index contributed by atoms with van der Waals surface area (Å²) < 4.78 is 6.00. The Morgan fingerprint density at radius 2 is 2.20 bits per heavy atom.